The van der Waals surface area contributed by atoms with Crippen LogP contribution in [0.25, 0.3) is 0 Å². The molecule has 1 N–H and O–H groups in total. The van der Waals surface area contributed by atoms with Gasteiger partial charge in [-0.1, -0.05) is 37.3 Å². The standard InChI is InChI=1S/C15H24O3/c1-5-6-7-8-9-11(2)15-13(16)14(17-4)12(3)10-18-15/h5-9,12-16H,10H2,1-4H3/t12-,13+,14-,15-/m0/s1. The van der Waals surface area contributed by atoms with Crippen molar-refractivity contribution in [1.29, 1.82) is 0 Å². The van der Waals surface area contributed by atoms with Crippen molar-refractivity contribution in [2.24, 2.45) is 5.92 Å². The Morgan fingerprint density at radius 2 is 2.06 bits per heavy atom. The lowest BCUT2D eigenvalue weighted by Crippen LogP contribution is -2.50. The molecule has 3 heteroatoms. The van der Waals surface area contributed by atoms with Gasteiger partial charge in [0.2, 0.25) is 0 Å². The summed E-state index contributed by atoms with van der Waals surface area (Å²) in [6, 6.07) is 0. The molecule has 4 atom stereocenters. The van der Waals surface area contributed by atoms with Crippen LogP contribution >= 0.6 is 0 Å². The second-order valence-electron chi connectivity index (χ2n) is 4.74. The number of rotatable bonds is 4. The Morgan fingerprint density at radius 3 is 2.67 bits per heavy atom. The number of aliphatic hydroxyl groups excluding tert-OH is 1. The zero-order chi connectivity index (χ0) is 13.5. The highest BCUT2D eigenvalue weighted by Gasteiger charge is 2.37. The number of methoxy groups -OCH3 is 1. The van der Waals surface area contributed by atoms with Crippen LogP contribution in [0, 0.1) is 5.92 Å². The monoisotopic (exact) mass is 252 g/mol. The third-order valence-corrected chi connectivity index (χ3v) is 3.24. The molecule has 102 valence electrons. The predicted octanol–water partition coefficient (Wildman–Crippen LogP) is 2.48. The van der Waals surface area contributed by atoms with Gasteiger partial charge in [-0.3, -0.25) is 0 Å². The minimum atomic E-state index is -0.606. The minimum Gasteiger partial charge on any atom is -0.387 e. The first kappa shape index (κ1) is 15.2. The summed E-state index contributed by atoms with van der Waals surface area (Å²) in [6.45, 7) is 6.58. The molecule has 0 aromatic carbocycles. The summed E-state index contributed by atoms with van der Waals surface area (Å²) in [4.78, 5) is 0. The molecule has 3 nitrogen and oxygen atoms in total. The quantitative estimate of drug-likeness (QED) is 0.781. The first-order chi connectivity index (χ1) is 8.61. The molecule has 0 amide bonds. The van der Waals surface area contributed by atoms with Crippen molar-refractivity contribution in [2.75, 3.05) is 13.7 Å². The summed E-state index contributed by atoms with van der Waals surface area (Å²) < 4.78 is 11.1. The molecule has 1 heterocycles. The number of aliphatic hydroxyl groups is 1. The van der Waals surface area contributed by atoms with Gasteiger partial charge in [0.25, 0.3) is 0 Å². The van der Waals surface area contributed by atoms with Crippen molar-refractivity contribution >= 4 is 0 Å². The van der Waals surface area contributed by atoms with E-state index < -0.39 is 6.10 Å². The van der Waals surface area contributed by atoms with Crippen molar-refractivity contribution in [3.63, 3.8) is 0 Å². The van der Waals surface area contributed by atoms with Crippen molar-refractivity contribution in [3.05, 3.63) is 36.0 Å². The molecule has 0 saturated carbocycles. The van der Waals surface area contributed by atoms with Gasteiger partial charge in [-0.05, 0) is 19.4 Å². The molecular weight excluding hydrogens is 228 g/mol. The molecule has 0 bridgehead atoms. The number of hydrogen-bond donors (Lipinski definition) is 1. The van der Waals surface area contributed by atoms with E-state index in [4.69, 9.17) is 9.47 Å². The van der Waals surface area contributed by atoms with E-state index >= 15 is 0 Å². The number of allylic oxidation sites excluding steroid dienone is 5. The van der Waals surface area contributed by atoms with Crippen LogP contribution in [0.2, 0.25) is 0 Å². The van der Waals surface area contributed by atoms with Gasteiger partial charge in [-0.25, -0.2) is 0 Å². The van der Waals surface area contributed by atoms with E-state index in [1.807, 2.05) is 51.2 Å². The third kappa shape index (κ3) is 3.80. The van der Waals surface area contributed by atoms with Gasteiger partial charge in [-0.2, -0.15) is 0 Å². The summed E-state index contributed by atoms with van der Waals surface area (Å²) in [5, 5.41) is 10.2. The topological polar surface area (TPSA) is 38.7 Å². The van der Waals surface area contributed by atoms with Crippen LogP contribution in [0.3, 0.4) is 0 Å². The van der Waals surface area contributed by atoms with Crippen LogP contribution in [0.5, 0.6) is 0 Å². The first-order valence-corrected chi connectivity index (χ1v) is 6.40. The maximum Gasteiger partial charge on any atom is 0.110 e. The highest BCUT2D eigenvalue weighted by atomic mass is 16.5. The maximum absolute atomic E-state index is 10.2. The van der Waals surface area contributed by atoms with Crippen molar-refractivity contribution in [1.82, 2.24) is 0 Å². The Labute approximate surface area is 110 Å². The summed E-state index contributed by atoms with van der Waals surface area (Å²) >= 11 is 0. The van der Waals surface area contributed by atoms with Crippen LogP contribution in [0.4, 0.5) is 0 Å². The Bertz CT molecular complexity index is 331. The number of ether oxygens (including phenoxy) is 2. The fraction of sp³-hybridized carbons (Fsp3) is 0.600. The first-order valence-electron chi connectivity index (χ1n) is 6.40. The van der Waals surface area contributed by atoms with Gasteiger partial charge in [0, 0.05) is 13.0 Å². The second kappa shape index (κ2) is 7.52. The highest BCUT2D eigenvalue weighted by Crippen LogP contribution is 2.26. The van der Waals surface area contributed by atoms with Gasteiger partial charge < -0.3 is 14.6 Å². The van der Waals surface area contributed by atoms with Crippen LogP contribution < -0.4 is 0 Å². The second-order valence-corrected chi connectivity index (χ2v) is 4.74. The molecule has 0 aliphatic carbocycles. The normalized spacial score (nSPS) is 34.6. The van der Waals surface area contributed by atoms with Gasteiger partial charge in [-0.15, -0.1) is 0 Å². The van der Waals surface area contributed by atoms with Crippen LogP contribution in [0.1, 0.15) is 20.8 Å². The van der Waals surface area contributed by atoms with Crippen LogP contribution in [0.15, 0.2) is 36.0 Å². The maximum atomic E-state index is 10.2. The van der Waals surface area contributed by atoms with Crippen LogP contribution in [-0.4, -0.2) is 37.1 Å². The van der Waals surface area contributed by atoms with E-state index in [1.165, 1.54) is 0 Å². The van der Waals surface area contributed by atoms with Gasteiger partial charge in [0.1, 0.15) is 12.2 Å². The molecule has 0 aromatic rings. The largest absolute Gasteiger partial charge is 0.387 e. The molecule has 1 saturated heterocycles. The predicted molar refractivity (Wildman–Crippen MR) is 73.4 cm³/mol. The Hall–Kier alpha value is -0.900. The van der Waals surface area contributed by atoms with Gasteiger partial charge >= 0.3 is 0 Å². The van der Waals surface area contributed by atoms with Crippen molar-refractivity contribution < 1.29 is 14.6 Å². The summed E-state index contributed by atoms with van der Waals surface area (Å²) in [7, 11) is 1.64. The zero-order valence-electron chi connectivity index (χ0n) is 11.7. The zero-order valence-corrected chi connectivity index (χ0v) is 11.7. The Balaban J connectivity index is 2.70. The number of hydrogen-bond acceptors (Lipinski definition) is 3. The molecule has 1 fully saturated rings. The van der Waals surface area contributed by atoms with Crippen LogP contribution in [-0.2, 0) is 9.47 Å². The highest BCUT2D eigenvalue weighted by molar-refractivity contribution is 5.19. The fourth-order valence-corrected chi connectivity index (χ4v) is 2.21. The lowest BCUT2D eigenvalue weighted by Gasteiger charge is -2.38. The molecule has 1 rings (SSSR count). The molecule has 0 unspecified atom stereocenters. The van der Waals surface area contributed by atoms with Crippen molar-refractivity contribution in [3.8, 4) is 0 Å². The lowest BCUT2D eigenvalue weighted by atomic mass is 9.90. The van der Waals surface area contributed by atoms with E-state index in [0.29, 0.717) is 6.61 Å². The fourth-order valence-electron chi connectivity index (χ4n) is 2.21. The minimum absolute atomic E-state index is 0.161. The lowest BCUT2D eigenvalue weighted by molar-refractivity contribution is -0.158. The molecule has 18 heavy (non-hydrogen) atoms. The molecule has 1 aliphatic rings. The van der Waals surface area contributed by atoms with Crippen molar-refractivity contribution in [2.45, 2.75) is 39.1 Å². The molecule has 1 aliphatic heterocycles. The van der Waals surface area contributed by atoms with E-state index in [-0.39, 0.29) is 18.1 Å². The molecule has 0 aromatic heterocycles. The third-order valence-electron chi connectivity index (χ3n) is 3.24. The molecular formula is C15H24O3. The smallest absolute Gasteiger partial charge is 0.110 e. The van der Waals surface area contributed by atoms with E-state index in [1.54, 1.807) is 7.11 Å². The van der Waals surface area contributed by atoms with E-state index in [9.17, 15) is 5.11 Å². The summed E-state index contributed by atoms with van der Waals surface area (Å²) in [5.41, 5.74) is 1.01. The van der Waals surface area contributed by atoms with E-state index in [0.717, 1.165) is 5.57 Å². The van der Waals surface area contributed by atoms with E-state index in [2.05, 4.69) is 0 Å². The van der Waals surface area contributed by atoms with Gasteiger partial charge in [0.15, 0.2) is 0 Å². The summed E-state index contributed by atoms with van der Waals surface area (Å²) in [5.74, 6) is 0.215. The Morgan fingerprint density at radius 1 is 1.33 bits per heavy atom. The Kier molecular flexibility index (Phi) is 6.33. The molecule has 0 spiro atoms. The SMILES string of the molecule is CC=CC=CC=C(C)[C@@H]1OC[C@H](C)[C@H](OC)[C@H]1O. The molecule has 0 radical (unpaired) electrons. The summed E-state index contributed by atoms with van der Waals surface area (Å²) in [6.07, 6.45) is 8.76. The average molecular weight is 252 g/mol. The van der Waals surface area contributed by atoms with Gasteiger partial charge in [0.05, 0.1) is 12.7 Å². The average Bonchev–Trinajstić information content (AvgIpc) is 2.35.